The lowest BCUT2D eigenvalue weighted by atomic mass is 10.2. The minimum absolute atomic E-state index is 0.0345. The van der Waals surface area contributed by atoms with E-state index in [0.29, 0.717) is 0 Å². The first-order valence-corrected chi connectivity index (χ1v) is 7.86. The Morgan fingerprint density at radius 2 is 2.26 bits per heavy atom. The highest BCUT2D eigenvalue weighted by Gasteiger charge is 2.31. The molecule has 1 aromatic heterocycles. The Kier molecular flexibility index (Phi) is 3.52. The second-order valence-corrected chi connectivity index (χ2v) is 6.66. The van der Waals surface area contributed by atoms with Crippen molar-refractivity contribution in [3.8, 4) is 0 Å². The number of para-hydroxylation sites is 1. The minimum atomic E-state index is -0.222. The number of benzene rings is 1. The summed E-state index contributed by atoms with van der Waals surface area (Å²) in [5, 5.41) is 3.89. The highest BCUT2D eigenvalue weighted by atomic mass is 32.2. The molecule has 0 aliphatic carbocycles. The third-order valence-corrected chi connectivity index (χ3v) is 5.23. The van der Waals surface area contributed by atoms with Crippen LogP contribution in [0.4, 0.5) is 0 Å². The van der Waals surface area contributed by atoms with Gasteiger partial charge in [-0.2, -0.15) is 5.10 Å². The van der Waals surface area contributed by atoms with Gasteiger partial charge in [0, 0.05) is 0 Å². The van der Waals surface area contributed by atoms with E-state index < -0.39 is 0 Å². The monoisotopic (exact) mass is 291 g/mol. The quantitative estimate of drug-likeness (QED) is 0.942. The van der Waals surface area contributed by atoms with E-state index in [2.05, 4.69) is 22.4 Å². The number of hydrazone groups is 1. The van der Waals surface area contributed by atoms with Crippen LogP contribution in [0.1, 0.15) is 19.8 Å². The topological polar surface area (TPSA) is 54.4 Å². The van der Waals surface area contributed by atoms with E-state index in [1.54, 1.807) is 11.3 Å². The van der Waals surface area contributed by atoms with E-state index in [9.17, 15) is 4.79 Å². The second-order valence-electron chi connectivity index (χ2n) is 4.27. The molecule has 0 saturated heterocycles. The van der Waals surface area contributed by atoms with Crippen molar-refractivity contribution < 1.29 is 4.79 Å². The molecule has 4 nitrogen and oxygen atoms in total. The highest BCUT2D eigenvalue weighted by Crippen LogP contribution is 2.34. The summed E-state index contributed by atoms with van der Waals surface area (Å²) in [5.41, 5.74) is 4.48. The Hall–Kier alpha value is -1.40. The lowest BCUT2D eigenvalue weighted by molar-refractivity contribution is -0.118. The Morgan fingerprint density at radius 3 is 3.05 bits per heavy atom. The summed E-state index contributed by atoms with van der Waals surface area (Å²) in [4.78, 5) is 16.4. The molecule has 1 amide bonds. The first kappa shape index (κ1) is 12.6. The lowest BCUT2D eigenvalue weighted by Crippen LogP contribution is -2.25. The lowest BCUT2D eigenvalue weighted by Gasteiger charge is -2.06. The average Bonchev–Trinajstić information content (AvgIpc) is 2.96. The molecule has 1 atom stereocenters. The van der Waals surface area contributed by atoms with Crippen molar-refractivity contribution in [3.05, 3.63) is 24.3 Å². The van der Waals surface area contributed by atoms with Gasteiger partial charge in [-0.25, -0.2) is 10.4 Å². The van der Waals surface area contributed by atoms with Crippen molar-refractivity contribution in [1.29, 1.82) is 0 Å². The van der Waals surface area contributed by atoms with Gasteiger partial charge < -0.3 is 0 Å². The summed E-state index contributed by atoms with van der Waals surface area (Å²) in [6, 6.07) is 8.02. The number of carbonyl (C=O) groups is 1. The van der Waals surface area contributed by atoms with Crippen molar-refractivity contribution in [3.63, 3.8) is 0 Å². The van der Waals surface area contributed by atoms with E-state index in [4.69, 9.17) is 0 Å². The molecule has 1 unspecified atom stereocenters. The van der Waals surface area contributed by atoms with Gasteiger partial charge in [-0.1, -0.05) is 37.2 Å². The van der Waals surface area contributed by atoms with Crippen LogP contribution in [-0.2, 0) is 4.79 Å². The Bertz CT molecular complexity index is 617. The summed E-state index contributed by atoms with van der Waals surface area (Å²) in [5.74, 6) is -0.0345. The van der Waals surface area contributed by atoms with Gasteiger partial charge in [0.2, 0.25) is 0 Å². The fraction of sp³-hybridized carbons (Fsp3) is 0.308. The maximum atomic E-state index is 11.8. The number of nitrogens with zero attached hydrogens (tertiary/aromatic N) is 2. The van der Waals surface area contributed by atoms with Gasteiger partial charge in [-0.05, 0) is 18.6 Å². The molecule has 19 heavy (non-hydrogen) atoms. The average molecular weight is 291 g/mol. The second kappa shape index (κ2) is 5.30. The summed E-state index contributed by atoms with van der Waals surface area (Å²) in [7, 11) is 0. The Labute approximate surface area is 119 Å². The van der Waals surface area contributed by atoms with Gasteiger partial charge in [0.05, 0.1) is 15.9 Å². The fourth-order valence-corrected chi connectivity index (χ4v) is 4.23. The van der Waals surface area contributed by atoms with Crippen molar-refractivity contribution >= 4 is 44.9 Å². The molecule has 3 rings (SSSR count). The number of thioether (sulfide) groups is 1. The SMILES string of the molecule is CCCC1=NNC(=O)C1Sc1nc2ccccc2s1. The molecule has 2 heterocycles. The van der Waals surface area contributed by atoms with Crippen LogP contribution in [0.15, 0.2) is 33.7 Å². The zero-order valence-corrected chi connectivity index (χ0v) is 12.1. The number of hydrogen-bond donors (Lipinski definition) is 1. The summed E-state index contributed by atoms with van der Waals surface area (Å²) >= 11 is 3.12. The van der Waals surface area contributed by atoms with Crippen LogP contribution in [0, 0.1) is 0 Å². The number of aromatic nitrogens is 1. The van der Waals surface area contributed by atoms with E-state index >= 15 is 0 Å². The number of amides is 1. The molecule has 2 aromatic rings. The van der Waals surface area contributed by atoms with Crippen LogP contribution in [0.25, 0.3) is 10.2 Å². The van der Waals surface area contributed by atoms with Crippen LogP contribution in [-0.4, -0.2) is 21.9 Å². The highest BCUT2D eigenvalue weighted by molar-refractivity contribution is 8.03. The number of rotatable bonds is 4. The van der Waals surface area contributed by atoms with E-state index in [0.717, 1.165) is 33.1 Å². The zero-order valence-electron chi connectivity index (χ0n) is 10.4. The predicted octanol–water partition coefficient (Wildman–Crippen LogP) is 3.04. The van der Waals surface area contributed by atoms with Crippen LogP contribution >= 0.6 is 23.1 Å². The van der Waals surface area contributed by atoms with Gasteiger partial charge in [0.25, 0.3) is 5.91 Å². The molecule has 0 saturated carbocycles. The van der Waals surface area contributed by atoms with Crippen LogP contribution < -0.4 is 5.43 Å². The van der Waals surface area contributed by atoms with E-state index in [1.165, 1.54) is 11.8 Å². The third-order valence-electron chi connectivity index (χ3n) is 2.85. The normalized spacial score (nSPS) is 18.7. The van der Waals surface area contributed by atoms with Crippen molar-refractivity contribution in [2.24, 2.45) is 5.10 Å². The number of fused-ring (bicyclic) bond motifs is 1. The Balaban J connectivity index is 1.83. The van der Waals surface area contributed by atoms with E-state index in [1.807, 2.05) is 24.3 Å². The maximum Gasteiger partial charge on any atom is 0.259 e. The first-order valence-electron chi connectivity index (χ1n) is 6.16. The molecule has 98 valence electrons. The van der Waals surface area contributed by atoms with Gasteiger partial charge in [0.1, 0.15) is 5.25 Å². The molecular formula is C13H13N3OS2. The van der Waals surface area contributed by atoms with Crippen molar-refractivity contribution in [1.82, 2.24) is 10.4 Å². The Morgan fingerprint density at radius 1 is 1.42 bits per heavy atom. The van der Waals surface area contributed by atoms with Gasteiger partial charge >= 0.3 is 0 Å². The van der Waals surface area contributed by atoms with Crippen LogP contribution in [0.5, 0.6) is 0 Å². The molecule has 0 radical (unpaired) electrons. The predicted molar refractivity (Wildman–Crippen MR) is 79.8 cm³/mol. The first-order chi connectivity index (χ1) is 9.28. The number of carbonyl (C=O) groups excluding carboxylic acids is 1. The van der Waals surface area contributed by atoms with Crippen molar-refractivity contribution in [2.75, 3.05) is 0 Å². The third kappa shape index (κ3) is 2.50. The molecule has 6 heteroatoms. The minimum Gasteiger partial charge on any atom is -0.271 e. The number of thiazole rings is 1. The van der Waals surface area contributed by atoms with E-state index in [-0.39, 0.29) is 11.2 Å². The van der Waals surface area contributed by atoms with Gasteiger partial charge in [0.15, 0.2) is 4.34 Å². The summed E-state index contributed by atoms with van der Waals surface area (Å²) in [6.07, 6.45) is 1.84. The summed E-state index contributed by atoms with van der Waals surface area (Å²) in [6.45, 7) is 2.09. The fourth-order valence-electron chi connectivity index (χ4n) is 1.96. The molecule has 0 bridgehead atoms. The van der Waals surface area contributed by atoms with Crippen LogP contribution in [0.3, 0.4) is 0 Å². The van der Waals surface area contributed by atoms with Gasteiger partial charge in [-0.15, -0.1) is 11.3 Å². The smallest absolute Gasteiger partial charge is 0.259 e. The molecule has 0 spiro atoms. The molecule has 1 aliphatic heterocycles. The molecule has 1 aliphatic rings. The van der Waals surface area contributed by atoms with Gasteiger partial charge in [-0.3, -0.25) is 4.79 Å². The molecular weight excluding hydrogens is 278 g/mol. The number of hydrogen-bond acceptors (Lipinski definition) is 5. The molecule has 1 aromatic carbocycles. The largest absolute Gasteiger partial charge is 0.271 e. The molecule has 0 fully saturated rings. The van der Waals surface area contributed by atoms with Crippen LogP contribution in [0.2, 0.25) is 0 Å². The summed E-state index contributed by atoms with van der Waals surface area (Å²) < 4.78 is 2.07. The standard InChI is InChI=1S/C13H13N3OS2/c1-2-5-9-11(12(17)16-15-9)19-13-14-8-6-3-4-7-10(8)18-13/h3-4,6-7,11H,2,5H2,1H3,(H,16,17). The zero-order chi connectivity index (χ0) is 13.2. The number of nitrogens with one attached hydrogen (secondary N) is 1. The van der Waals surface area contributed by atoms with Crippen molar-refractivity contribution in [2.45, 2.75) is 29.4 Å². The molecule has 1 N–H and O–H groups in total. The maximum absolute atomic E-state index is 11.8.